The molecule has 1 aromatic carbocycles. The normalized spacial score (nSPS) is 15.2. The summed E-state index contributed by atoms with van der Waals surface area (Å²) in [4.78, 5) is 15.3. The number of hydroxylamine groups is 1. The molecule has 1 fully saturated rings. The summed E-state index contributed by atoms with van der Waals surface area (Å²) in [6.45, 7) is 0. The van der Waals surface area contributed by atoms with E-state index in [1.807, 2.05) is 12.1 Å². The molecule has 5 heteroatoms. The first-order chi connectivity index (χ1) is 11.3. The Bertz CT molecular complexity index is 647. The fourth-order valence-corrected chi connectivity index (χ4v) is 3.00. The minimum atomic E-state index is -0.596. The summed E-state index contributed by atoms with van der Waals surface area (Å²) in [6.07, 6.45) is 7.90. The van der Waals surface area contributed by atoms with Crippen LogP contribution in [0.5, 0.6) is 11.6 Å². The molecule has 3 rings (SSSR count). The number of hydrogen-bond donors (Lipinski definition) is 2. The van der Waals surface area contributed by atoms with Crippen LogP contribution in [0.4, 0.5) is 0 Å². The predicted octanol–water partition coefficient (Wildman–Crippen LogP) is 4.04. The highest BCUT2D eigenvalue weighted by Crippen LogP contribution is 2.33. The first-order valence-corrected chi connectivity index (χ1v) is 7.94. The number of benzene rings is 1. The molecule has 1 amide bonds. The van der Waals surface area contributed by atoms with Crippen LogP contribution in [0, 0.1) is 0 Å². The highest BCUT2D eigenvalue weighted by Gasteiger charge is 2.15. The molecule has 0 atom stereocenters. The lowest BCUT2D eigenvalue weighted by atomic mass is 9.84. The zero-order valence-electron chi connectivity index (χ0n) is 12.9. The van der Waals surface area contributed by atoms with Gasteiger partial charge in [-0.2, -0.15) is 0 Å². The van der Waals surface area contributed by atoms with E-state index in [0.29, 0.717) is 11.8 Å². The summed E-state index contributed by atoms with van der Waals surface area (Å²) >= 11 is 0. The summed E-state index contributed by atoms with van der Waals surface area (Å²) in [6, 6.07) is 11.3. The van der Waals surface area contributed by atoms with E-state index < -0.39 is 5.91 Å². The van der Waals surface area contributed by atoms with Crippen molar-refractivity contribution in [2.24, 2.45) is 0 Å². The average molecular weight is 312 g/mol. The van der Waals surface area contributed by atoms with Crippen molar-refractivity contribution < 1.29 is 14.7 Å². The van der Waals surface area contributed by atoms with E-state index in [1.54, 1.807) is 17.6 Å². The number of pyridine rings is 1. The molecule has 120 valence electrons. The molecule has 1 aliphatic rings. The number of amides is 1. The van der Waals surface area contributed by atoms with Crippen LogP contribution in [0.1, 0.15) is 53.9 Å². The van der Waals surface area contributed by atoms with Gasteiger partial charge < -0.3 is 4.74 Å². The topological polar surface area (TPSA) is 71.5 Å². The molecule has 1 aliphatic carbocycles. The Kier molecular flexibility index (Phi) is 4.88. The van der Waals surface area contributed by atoms with Crippen molar-refractivity contribution in [2.45, 2.75) is 38.0 Å². The zero-order valence-corrected chi connectivity index (χ0v) is 12.9. The van der Waals surface area contributed by atoms with Gasteiger partial charge in [0.15, 0.2) is 0 Å². The van der Waals surface area contributed by atoms with Crippen molar-refractivity contribution >= 4 is 5.91 Å². The van der Waals surface area contributed by atoms with Gasteiger partial charge >= 0.3 is 0 Å². The van der Waals surface area contributed by atoms with Crippen LogP contribution >= 0.6 is 0 Å². The Labute approximate surface area is 135 Å². The van der Waals surface area contributed by atoms with Gasteiger partial charge in [-0.3, -0.25) is 10.0 Å². The third-order valence-corrected chi connectivity index (χ3v) is 4.28. The van der Waals surface area contributed by atoms with Gasteiger partial charge in [0, 0.05) is 12.3 Å². The van der Waals surface area contributed by atoms with Crippen molar-refractivity contribution in [3.8, 4) is 11.6 Å². The van der Waals surface area contributed by atoms with Crippen molar-refractivity contribution in [2.75, 3.05) is 0 Å². The van der Waals surface area contributed by atoms with Crippen LogP contribution in [0.25, 0.3) is 0 Å². The van der Waals surface area contributed by atoms with Gasteiger partial charge in [0.25, 0.3) is 5.91 Å². The van der Waals surface area contributed by atoms with Crippen LogP contribution < -0.4 is 10.2 Å². The fraction of sp³-hybridized carbons (Fsp3) is 0.333. The minimum Gasteiger partial charge on any atom is -0.439 e. The molecular weight excluding hydrogens is 292 g/mol. The zero-order chi connectivity index (χ0) is 16.1. The second-order valence-electron chi connectivity index (χ2n) is 5.83. The van der Waals surface area contributed by atoms with E-state index in [4.69, 9.17) is 9.94 Å². The summed E-state index contributed by atoms with van der Waals surface area (Å²) in [5.41, 5.74) is 3.21. The Morgan fingerprint density at radius 3 is 2.43 bits per heavy atom. The molecule has 2 aromatic rings. The number of nitrogens with zero attached hydrogens (tertiary/aromatic N) is 1. The average Bonchev–Trinajstić information content (AvgIpc) is 2.63. The molecule has 5 nitrogen and oxygen atoms in total. The van der Waals surface area contributed by atoms with Gasteiger partial charge in [-0.1, -0.05) is 31.4 Å². The van der Waals surface area contributed by atoms with Gasteiger partial charge in [-0.25, -0.2) is 10.5 Å². The Balaban J connectivity index is 1.64. The molecular formula is C18H20N2O3. The lowest BCUT2D eigenvalue weighted by Crippen LogP contribution is -2.18. The SMILES string of the molecule is O=C(NO)c1ccc(Oc2ccc(C3CCCCC3)cc2)nc1. The summed E-state index contributed by atoms with van der Waals surface area (Å²) in [7, 11) is 0. The molecule has 1 heterocycles. The molecule has 0 spiro atoms. The second kappa shape index (κ2) is 7.24. The smallest absolute Gasteiger partial charge is 0.276 e. The first kappa shape index (κ1) is 15.5. The molecule has 0 radical (unpaired) electrons. The molecule has 1 saturated carbocycles. The lowest BCUT2D eigenvalue weighted by Gasteiger charge is -2.22. The van der Waals surface area contributed by atoms with Crippen molar-refractivity contribution in [1.29, 1.82) is 0 Å². The quantitative estimate of drug-likeness (QED) is 0.660. The number of ether oxygens (including phenoxy) is 1. The number of nitrogens with one attached hydrogen (secondary N) is 1. The van der Waals surface area contributed by atoms with E-state index in [0.717, 1.165) is 5.75 Å². The molecule has 0 aliphatic heterocycles. The highest BCUT2D eigenvalue weighted by molar-refractivity contribution is 5.92. The highest BCUT2D eigenvalue weighted by atomic mass is 16.5. The molecule has 1 aromatic heterocycles. The van der Waals surface area contributed by atoms with E-state index in [2.05, 4.69) is 17.1 Å². The molecule has 0 saturated heterocycles. The fourth-order valence-electron chi connectivity index (χ4n) is 3.00. The van der Waals surface area contributed by atoms with Crippen LogP contribution in [0.2, 0.25) is 0 Å². The van der Waals surface area contributed by atoms with E-state index >= 15 is 0 Å². The monoisotopic (exact) mass is 312 g/mol. The second-order valence-corrected chi connectivity index (χ2v) is 5.83. The largest absolute Gasteiger partial charge is 0.439 e. The molecule has 0 unspecified atom stereocenters. The van der Waals surface area contributed by atoms with Gasteiger partial charge in [-0.05, 0) is 42.5 Å². The Hall–Kier alpha value is -2.40. The Morgan fingerprint density at radius 1 is 1.09 bits per heavy atom. The summed E-state index contributed by atoms with van der Waals surface area (Å²) in [5, 5.41) is 8.57. The molecule has 23 heavy (non-hydrogen) atoms. The maximum Gasteiger partial charge on any atom is 0.276 e. The van der Waals surface area contributed by atoms with E-state index in [-0.39, 0.29) is 5.56 Å². The summed E-state index contributed by atoms with van der Waals surface area (Å²) < 4.78 is 5.68. The standard InChI is InChI=1S/C18H20N2O3/c21-18(20-22)15-8-11-17(19-12-15)23-16-9-6-14(7-10-16)13-4-2-1-3-5-13/h6-13,22H,1-5H2,(H,20,21). The van der Waals surface area contributed by atoms with Crippen LogP contribution in [0.3, 0.4) is 0 Å². The lowest BCUT2D eigenvalue weighted by molar-refractivity contribution is 0.0706. The van der Waals surface area contributed by atoms with Gasteiger partial charge in [0.2, 0.25) is 5.88 Å². The van der Waals surface area contributed by atoms with Crippen molar-refractivity contribution in [3.63, 3.8) is 0 Å². The molecule has 2 N–H and O–H groups in total. The Morgan fingerprint density at radius 2 is 1.83 bits per heavy atom. The van der Waals surface area contributed by atoms with Crippen molar-refractivity contribution in [3.05, 3.63) is 53.7 Å². The third-order valence-electron chi connectivity index (χ3n) is 4.28. The minimum absolute atomic E-state index is 0.271. The van der Waals surface area contributed by atoms with Crippen molar-refractivity contribution in [1.82, 2.24) is 10.5 Å². The first-order valence-electron chi connectivity index (χ1n) is 7.94. The number of carbonyl (C=O) groups excluding carboxylic acids is 1. The number of carbonyl (C=O) groups is 1. The predicted molar refractivity (Wildman–Crippen MR) is 85.8 cm³/mol. The van der Waals surface area contributed by atoms with Gasteiger partial charge in [0.05, 0.1) is 5.56 Å². The van der Waals surface area contributed by atoms with Crippen LogP contribution in [-0.2, 0) is 0 Å². The van der Waals surface area contributed by atoms with E-state index in [1.165, 1.54) is 43.9 Å². The number of hydrogen-bond acceptors (Lipinski definition) is 4. The molecule has 0 bridgehead atoms. The number of rotatable bonds is 4. The summed E-state index contributed by atoms with van der Waals surface area (Å²) in [5.74, 6) is 1.20. The van der Waals surface area contributed by atoms with Gasteiger partial charge in [-0.15, -0.1) is 0 Å². The third kappa shape index (κ3) is 3.87. The van der Waals surface area contributed by atoms with E-state index in [9.17, 15) is 4.79 Å². The maximum atomic E-state index is 11.2. The maximum absolute atomic E-state index is 11.2. The van der Waals surface area contributed by atoms with Crippen LogP contribution in [-0.4, -0.2) is 16.1 Å². The van der Waals surface area contributed by atoms with Crippen LogP contribution in [0.15, 0.2) is 42.6 Å². The van der Waals surface area contributed by atoms with Gasteiger partial charge in [0.1, 0.15) is 5.75 Å². The number of aromatic nitrogens is 1.